The van der Waals surface area contributed by atoms with Crippen molar-refractivity contribution >= 4 is 11.6 Å². The van der Waals surface area contributed by atoms with E-state index < -0.39 is 0 Å². The van der Waals surface area contributed by atoms with Gasteiger partial charge in [0, 0.05) is 38.3 Å². The number of hydrogen-bond acceptors (Lipinski definition) is 5. The number of ether oxygens (including phenoxy) is 1. The summed E-state index contributed by atoms with van der Waals surface area (Å²) in [4.78, 5) is 16.9. The summed E-state index contributed by atoms with van der Waals surface area (Å²) in [5.74, 6) is 0.833. The molecule has 1 aliphatic heterocycles. The van der Waals surface area contributed by atoms with E-state index in [-0.39, 0.29) is 5.91 Å². The number of carbonyl (C=O) groups excluding carboxylic acids is 1. The first kappa shape index (κ1) is 19.9. The standard InChI is InChI=1S/C22H26N4O2/c1-17-7-8-21(28-2)19(13-17)15-25-9-11-26(12-10-25)16-22(27)24-20-6-4-3-5-18(20)14-23/h3-8,13H,9-12,15-16H2,1-2H3,(H,24,27). The fourth-order valence-corrected chi connectivity index (χ4v) is 3.46. The molecule has 3 rings (SSSR count). The number of aryl methyl sites for hydroxylation is 1. The number of para-hydroxylation sites is 1. The number of hydrogen-bond donors (Lipinski definition) is 1. The van der Waals surface area contributed by atoms with Gasteiger partial charge in [0.2, 0.25) is 5.91 Å². The normalized spacial score (nSPS) is 15.0. The summed E-state index contributed by atoms with van der Waals surface area (Å²) in [6.07, 6.45) is 0. The minimum atomic E-state index is -0.0866. The van der Waals surface area contributed by atoms with E-state index in [2.05, 4.69) is 40.2 Å². The first-order valence-electron chi connectivity index (χ1n) is 9.46. The second kappa shape index (κ2) is 9.36. The number of nitriles is 1. The van der Waals surface area contributed by atoms with Gasteiger partial charge in [0.25, 0.3) is 0 Å². The molecule has 1 heterocycles. The van der Waals surface area contributed by atoms with Crippen molar-refractivity contribution in [3.05, 3.63) is 59.2 Å². The molecular weight excluding hydrogens is 352 g/mol. The maximum atomic E-state index is 12.4. The Bertz CT molecular complexity index is 867. The molecule has 2 aromatic rings. The van der Waals surface area contributed by atoms with Crippen LogP contribution in [0.4, 0.5) is 5.69 Å². The van der Waals surface area contributed by atoms with Gasteiger partial charge in [0.1, 0.15) is 11.8 Å². The highest BCUT2D eigenvalue weighted by Crippen LogP contribution is 2.22. The summed E-state index contributed by atoms with van der Waals surface area (Å²) in [5, 5.41) is 12.0. The summed E-state index contributed by atoms with van der Waals surface area (Å²) in [7, 11) is 1.70. The SMILES string of the molecule is COc1ccc(C)cc1CN1CCN(CC(=O)Nc2ccccc2C#N)CC1. The number of amides is 1. The molecule has 6 heteroatoms. The molecule has 0 bridgehead atoms. The highest BCUT2D eigenvalue weighted by Gasteiger charge is 2.20. The van der Waals surface area contributed by atoms with E-state index in [1.165, 1.54) is 11.1 Å². The van der Waals surface area contributed by atoms with Crippen LogP contribution in [0.1, 0.15) is 16.7 Å². The van der Waals surface area contributed by atoms with Gasteiger partial charge in [0.15, 0.2) is 0 Å². The van der Waals surface area contributed by atoms with Crippen LogP contribution in [-0.4, -0.2) is 55.5 Å². The third-order valence-electron chi connectivity index (χ3n) is 4.98. The minimum Gasteiger partial charge on any atom is -0.496 e. The van der Waals surface area contributed by atoms with E-state index in [9.17, 15) is 4.79 Å². The quantitative estimate of drug-likeness (QED) is 0.837. The average molecular weight is 378 g/mol. The van der Waals surface area contributed by atoms with Crippen LogP contribution in [0.5, 0.6) is 5.75 Å². The Morgan fingerprint density at radius 2 is 1.86 bits per heavy atom. The van der Waals surface area contributed by atoms with Gasteiger partial charge in [-0.1, -0.05) is 29.8 Å². The molecule has 1 amide bonds. The molecule has 1 saturated heterocycles. The van der Waals surface area contributed by atoms with Crippen LogP contribution in [0.2, 0.25) is 0 Å². The third-order valence-corrected chi connectivity index (χ3v) is 4.98. The van der Waals surface area contributed by atoms with Gasteiger partial charge in [0.05, 0.1) is 24.9 Å². The van der Waals surface area contributed by atoms with Crippen LogP contribution < -0.4 is 10.1 Å². The molecule has 0 atom stereocenters. The number of nitrogens with one attached hydrogen (secondary N) is 1. The largest absolute Gasteiger partial charge is 0.496 e. The highest BCUT2D eigenvalue weighted by atomic mass is 16.5. The van der Waals surface area contributed by atoms with Crippen LogP contribution >= 0.6 is 0 Å². The molecule has 0 radical (unpaired) electrons. The predicted octanol–water partition coefficient (Wildman–Crippen LogP) is 2.63. The van der Waals surface area contributed by atoms with Gasteiger partial charge in [-0.3, -0.25) is 14.6 Å². The lowest BCUT2D eigenvalue weighted by Crippen LogP contribution is -2.48. The lowest BCUT2D eigenvalue weighted by atomic mass is 10.1. The molecule has 6 nitrogen and oxygen atoms in total. The molecule has 0 aromatic heterocycles. The van der Waals surface area contributed by atoms with Gasteiger partial charge in [-0.25, -0.2) is 0 Å². The molecule has 0 unspecified atom stereocenters. The van der Waals surface area contributed by atoms with Gasteiger partial charge in [-0.05, 0) is 25.1 Å². The number of methoxy groups -OCH3 is 1. The smallest absolute Gasteiger partial charge is 0.238 e. The molecule has 28 heavy (non-hydrogen) atoms. The van der Waals surface area contributed by atoms with Crippen LogP contribution in [0.3, 0.4) is 0 Å². The Morgan fingerprint density at radius 1 is 1.14 bits per heavy atom. The monoisotopic (exact) mass is 378 g/mol. The van der Waals surface area contributed by atoms with Gasteiger partial charge < -0.3 is 10.1 Å². The van der Waals surface area contributed by atoms with Crippen molar-refractivity contribution in [2.75, 3.05) is 45.2 Å². The van der Waals surface area contributed by atoms with E-state index >= 15 is 0 Å². The number of piperazine rings is 1. The molecule has 1 aliphatic rings. The van der Waals surface area contributed by atoms with E-state index in [1.807, 2.05) is 12.1 Å². The highest BCUT2D eigenvalue weighted by molar-refractivity contribution is 5.93. The van der Waals surface area contributed by atoms with Crippen molar-refractivity contribution in [2.24, 2.45) is 0 Å². The van der Waals surface area contributed by atoms with Gasteiger partial charge in [-0.15, -0.1) is 0 Å². The summed E-state index contributed by atoms with van der Waals surface area (Å²) in [6.45, 7) is 6.74. The van der Waals surface area contributed by atoms with Crippen molar-refractivity contribution in [1.29, 1.82) is 5.26 Å². The molecular formula is C22H26N4O2. The molecule has 146 valence electrons. The second-order valence-electron chi connectivity index (χ2n) is 7.07. The van der Waals surface area contributed by atoms with E-state index in [4.69, 9.17) is 10.00 Å². The fraction of sp³-hybridized carbons (Fsp3) is 0.364. The summed E-state index contributed by atoms with van der Waals surface area (Å²) >= 11 is 0. The number of anilines is 1. The number of nitrogens with zero attached hydrogens (tertiary/aromatic N) is 3. The van der Waals surface area contributed by atoms with Crippen LogP contribution in [0.25, 0.3) is 0 Å². The Labute approximate surface area is 166 Å². The molecule has 0 saturated carbocycles. The lowest BCUT2D eigenvalue weighted by Gasteiger charge is -2.34. The third kappa shape index (κ3) is 5.10. The first-order valence-corrected chi connectivity index (χ1v) is 9.46. The van der Waals surface area contributed by atoms with Crippen molar-refractivity contribution < 1.29 is 9.53 Å². The zero-order chi connectivity index (χ0) is 19.9. The maximum Gasteiger partial charge on any atom is 0.238 e. The molecule has 2 aromatic carbocycles. The minimum absolute atomic E-state index is 0.0866. The van der Waals surface area contributed by atoms with E-state index in [1.54, 1.807) is 25.3 Å². The number of benzene rings is 2. The fourth-order valence-electron chi connectivity index (χ4n) is 3.46. The predicted molar refractivity (Wildman–Crippen MR) is 109 cm³/mol. The molecule has 1 N–H and O–H groups in total. The first-order chi connectivity index (χ1) is 13.6. The zero-order valence-corrected chi connectivity index (χ0v) is 16.4. The lowest BCUT2D eigenvalue weighted by molar-refractivity contribution is -0.117. The Morgan fingerprint density at radius 3 is 2.57 bits per heavy atom. The average Bonchev–Trinajstić information content (AvgIpc) is 2.70. The maximum absolute atomic E-state index is 12.4. The van der Waals surface area contributed by atoms with Crippen LogP contribution in [0.15, 0.2) is 42.5 Å². The van der Waals surface area contributed by atoms with Crippen molar-refractivity contribution in [3.8, 4) is 11.8 Å². The van der Waals surface area contributed by atoms with Crippen molar-refractivity contribution in [3.63, 3.8) is 0 Å². The topological polar surface area (TPSA) is 68.6 Å². The van der Waals surface area contributed by atoms with Crippen LogP contribution in [-0.2, 0) is 11.3 Å². The second-order valence-corrected chi connectivity index (χ2v) is 7.07. The number of rotatable bonds is 6. The Balaban J connectivity index is 1.50. The summed E-state index contributed by atoms with van der Waals surface area (Å²) in [6, 6.07) is 15.4. The van der Waals surface area contributed by atoms with Crippen LogP contribution in [0, 0.1) is 18.3 Å². The molecule has 1 fully saturated rings. The Hall–Kier alpha value is -2.88. The van der Waals surface area contributed by atoms with E-state index in [0.717, 1.165) is 38.5 Å². The van der Waals surface area contributed by atoms with Crippen molar-refractivity contribution in [2.45, 2.75) is 13.5 Å². The summed E-state index contributed by atoms with van der Waals surface area (Å²) < 4.78 is 5.48. The molecule has 0 spiro atoms. The number of carbonyl (C=O) groups is 1. The zero-order valence-electron chi connectivity index (χ0n) is 16.4. The van der Waals surface area contributed by atoms with Crippen molar-refractivity contribution in [1.82, 2.24) is 9.80 Å². The van der Waals surface area contributed by atoms with E-state index in [0.29, 0.717) is 17.8 Å². The van der Waals surface area contributed by atoms with Gasteiger partial charge >= 0.3 is 0 Å². The molecule has 0 aliphatic carbocycles. The summed E-state index contributed by atoms with van der Waals surface area (Å²) in [5.41, 5.74) is 3.47. The van der Waals surface area contributed by atoms with Gasteiger partial charge in [-0.2, -0.15) is 5.26 Å². The Kier molecular flexibility index (Phi) is 6.64.